The number of rotatable bonds is 7. The Hall–Kier alpha value is -3.95. The van der Waals surface area contributed by atoms with E-state index in [-0.39, 0.29) is 31.4 Å². The number of fused-ring (bicyclic) bond motifs is 1. The van der Waals surface area contributed by atoms with Gasteiger partial charge in [-0.2, -0.15) is 0 Å². The molecule has 0 aliphatic carbocycles. The lowest BCUT2D eigenvalue weighted by atomic mass is 10.1. The number of ether oxygens (including phenoxy) is 2. The van der Waals surface area contributed by atoms with Gasteiger partial charge >= 0.3 is 12.1 Å². The van der Waals surface area contributed by atoms with Gasteiger partial charge in [-0.15, -0.1) is 0 Å². The second kappa shape index (κ2) is 9.27. The van der Waals surface area contributed by atoms with Crippen LogP contribution in [0, 0.1) is 5.82 Å². The quantitative estimate of drug-likeness (QED) is 0.551. The molecule has 0 unspecified atom stereocenters. The summed E-state index contributed by atoms with van der Waals surface area (Å²) in [7, 11) is 0. The lowest BCUT2D eigenvalue weighted by Gasteiger charge is -2.14. The van der Waals surface area contributed by atoms with Crippen LogP contribution >= 0.6 is 0 Å². The van der Waals surface area contributed by atoms with Crippen molar-refractivity contribution in [3.63, 3.8) is 0 Å². The monoisotopic (exact) mass is 454 g/mol. The van der Waals surface area contributed by atoms with Crippen molar-refractivity contribution in [1.82, 2.24) is 14.7 Å². The van der Waals surface area contributed by atoms with Gasteiger partial charge in [-0.25, -0.2) is 14.2 Å². The van der Waals surface area contributed by atoms with Crippen molar-refractivity contribution in [3.8, 4) is 11.1 Å². The summed E-state index contributed by atoms with van der Waals surface area (Å²) >= 11 is 0. The standard InChI is InChI=1S/C23H23FN4O5/c1-3-32-22(30)8-16-12-27-11-15(4-7-21(27)26-16)19-6-5-17(9-20(19)24)28-13-18(33-23(28)31)10-25-14(2)29/h4-7,9,11-12,18H,3,8,10,13H2,1-2H3,(H,25,29)/t18-/m0/s1. The van der Waals surface area contributed by atoms with Gasteiger partial charge in [-0.05, 0) is 37.3 Å². The highest BCUT2D eigenvalue weighted by atomic mass is 19.1. The number of cyclic esters (lactones) is 1. The maximum atomic E-state index is 15.0. The number of nitrogens with zero attached hydrogens (tertiary/aromatic N) is 3. The van der Waals surface area contributed by atoms with Crippen LogP contribution in [0.2, 0.25) is 0 Å². The van der Waals surface area contributed by atoms with Gasteiger partial charge < -0.3 is 19.2 Å². The normalized spacial score (nSPS) is 15.5. The van der Waals surface area contributed by atoms with Crippen molar-refractivity contribution in [2.24, 2.45) is 0 Å². The molecule has 1 fully saturated rings. The number of carbonyl (C=O) groups is 3. The molecule has 3 aromatic rings. The lowest BCUT2D eigenvalue weighted by Crippen LogP contribution is -2.33. The summed E-state index contributed by atoms with van der Waals surface area (Å²) in [6, 6.07) is 7.99. The second-order valence-electron chi connectivity index (χ2n) is 7.61. The van der Waals surface area contributed by atoms with Crippen LogP contribution in [-0.2, 0) is 25.5 Å². The van der Waals surface area contributed by atoms with E-state index < -0.39 is 18.0 Å². The van der Waals surface area contributed by atoms with Crippen molar-refractivity contribution in [2.75, 3.05) is 24.6 Å². The fraction of sp³-hybridized carbons (Fsp3) is 0.304. The topological polar surface area (TPSA) is 102 Å². The number of benzene rings is 1. The second-order valence-corrected chi connectivity index (χ2v) is 7.61. The summed E-state index contributed by atoms with van der Waals surface area (Å²) in [5.74, 6) is -1.08. The van der Waals surface area contributed by atoms with E-state index in [0.717, 1.165) is 0 Å². The van der Waals surface area contributed by atoms with Gasteiger partial charge in [0, 0.05) is 30.4 Å². The van der Waals surface area contributed by atoms with E-state index >= 15 is 4.39 Å². The SMILES string of the molecule is CCOC(=O)Cc1cn2cc(-c3ccc(N4C[C@H](CNC(C)=O)OC4=O)cc3F)ccc2n1. The van der Waals surface area contributed by atoms with Crippen LogP contribution in [0.15, 0.2) is 42.7 Å². The summed E-state index contributed by atoms with van der Waals surface area (Å²) < 4.78 is 26.9. The zero-order valence-corrected chi connectivity index (χ0v) is 18.2. The summed E-state index contributed by atoms with van der Waals surface area (Å²) in [5, 5.41) is 2.60. The van der Waals surface area contributed by atoms with Crippen LogP contribution in [0.3, 0.4) is 0 Å². The molecule has 0 spiro atoms. The number of hydrogen-bond donors (Lipinski definition) is 1. The van der Waals surface area contributed by atoms with Crippen LogP contribution in [-0.4, -0.2) is 53.2 Å². The highest BCUT2D eigenvalue weighted by Gasteiger charge is 2.32. The number of pyridine rings is 1. The Morgan fingerprint density at radius 1 is 1.27 bits per heavy atom. The van der Waals surface area contributed by atoms with Gasteiger partial charge in [0.05, 0.1) is 37.5 Å². The van der Waals surface area contributed by atoms with Crippen molar-refractivity contribution < 1.29 is 28.2 Å². The minimum absolute atomic E-state index is 0.0583. The highest BCUT2D eigenvalue weighted by Crippen LogP contribution is 2.29. The first-order valence-electron chi connectivity index (χ1n) is 10.5. The van der Waals surface area contributed by atoms with Crippen LogP contribution in [0.5, 0.6) is 0 Å². The average Bonchev–Trinajstić information content (AvgIpc) is 3.34. The van der Waals surface area contributed by atoms with Gasteiger partial charge in [-0.3, -0.25) is 14.5 Å². The minimum Gasteiger partial charge on any atom is -0.466 e. The summed E-state index contributed by atoms with van der Waals surface area (Å²) in [6.07, 6.45) is 2.39. The van der Waals surface area contributed by atoms with Gasteiger partial charge in [0.2, 0.25) is 5.91 Å². The first-order valence-corrected chi connectivity index (χ1v) is 10.5. The van der Waals surface area contributed by atoms with Gasteiger partial charge in [0.25, 0.3) is 0 Å². The molecule has 1 N–H and O–H groups in total. The van der Waals surface area contributed by atoms with Crippen LogP contribution in [0.1, 0.15) is 19.5 Å². The Morgan fingerprint density at radius 3 is 2.82 bits per heavy atom. The van der Waals surface area contributed by atoms with Crippen molar-refractivity contribution in [1.29, 1.82) is 0 Å². The summed E-state index contributed by atoms with van der Waals surface area (Å²) in [6.45, 7) is 3.83. The smallest absolute Gasteiger partial charge is 0.414 e. The zero-order valence-electron chi connectivity index (χ0n) is 18.2. The number of aromatic nitrogens is 2. The number of halogens is 1. The third-order valence-corrected chi connectivity index (χ3v) is 5.16. The molecule has 3 heterocycles. The third kappa shape index (κ3) is 4.94. The predicted octanol–water partition coefficient (Wildman–Crippen LogP) is 2.71. The molecule has 1 aliphatic rings. The van der Waals surface area contributed by atoms with Gasteiger partial charge in [0.15, 0.2) is 0 Å². The Morgan fingerprint density at radius 2 is 2.09 bits per heavy atom. The number of carbonyl (C=O) groups excluding carboxylic acids is 3. The maximum Gasteiger partial charge on any atom is 0.414 e. The predicted molar refractivity (Wildman–Crippen MR) is 117 cm³/mol. The van der Waals surface area contributed by atoms with E-state index in [4.69, 9.17) is 9.47 Å². The molecular formula is C23H23FN4O5. The molecule has 9 nitrogen and oxygen atoms in total. The van der Waals surface area contributed by atoms with Crippen LogP contribution in [0.25, 0.3) is 16.8 Å². The minimum atomic E-state index is -0.591. The number of hydrogen-bond acceptors (Lipinski definition) is 6. The Kier molecular flexibility index (Phi) is 6.25. The van der Waals surface area contributed by atoms with E-state index in [0.29, 0.717) is 34.8 Å². The Labute approximate surface area is 189 Å². The number of esters is 1. The fourth-order valence-electron chi connectivity index (χ4n) is 3.65. The van der Waals surface area contributed by atoms with Crippen molar-refractivity contribution >= 4 is 29.3 Å². The molecule has 10 heteroatoms. The summed E-state index contributed by atoms with van der Waals surface area (Å²) in [4.78, 5) is 40.7. The molecule has 2 amide bonds. The largest absolute Gasteiger partial charge is 0.466 e. The van der Waals surface area contributed by atoms with Crippen molar-refractivity contribution in [2.45, 2.75) is 26.4 Å². The Bertz CT molecular complexity index is 1220. The molecule has 0 radical (unpaired) electrons. The Balaban J connectivity index is 1.52. The van der Waals surface area contributed by atoms with Crippen LogP contribution < -0.4 is 10.2 Å². The van der Waals surface area contributed by atoms with E-state index in [1.807, 2.05) is 0 Å². The highest BCUT2D eigenvalue weighted by molar-refractivity contribution is 5.90. The van der Waals surface area contributed by atoms with Gasteiger partial charge in [0.1, 0.15) is 17.6 Å². The number of nitrogens with one attached hydrogen (secondary N) is 1. The zero-order chi connectivity index (χ0) is 23.5. The molecule has 1 atom stereocenters. The van der Waals surface area contributed by atoms with E-state index in [9.17, 15) is 14.4 Å². The third-order valence-electron chi connectivity index (χ3n) is 5.16. The number of anilines is 1. The fourth-order valence-corrected chi connectivity index (χ4v) is 3.65. The van der Waals surface area contributed by atoms with E-state index in [1.165, 1.54) is 17.9 Å². The molecule has 1 aliphatic heterocycles. The molecular weight excluding hydrogens is 431 g/mol. The molecule has 0 bridgehead atoms. The molecule has 172 valence electrons. The maximum absolute atomic E-state index is 15.0. The molecule has 4 rings (SSSR count). The molecule has 1 aromatic carbocycles. The van der Waals surface area contributed by atoms with E-state index in [2.05, 4.69) is 10.3 Å². The first kappa shape index (κ1) is 22.3. The number of imidazole rings is 1. The van der Waals surface area contributed by atoms with Gasteiger partial charge in [-0.1, -0.05) is 0 Å². The summed E-state index contributed by atoms with van der Waals surface area (Å²) in [5.41, 5.74) is 2.51. The molecule has 2 aromatic heterocycles. The van der Waals surface area contributed by atoms with E-state index in [1.54, 1.807) is 48.0 Å². The van der Waals surface area contributed by atoms with Crippen LogP contribution in [0.4, 0.5) is 14.9 Å². The molecule has 33 heavy (non-hydrogen) atoms. The number of amides is 2. The molecule has 1 saturated heterocycles. The average molecular weight is 454 g/mol. The van der Waals surface area contributed by atoms with Crippen molar-refractivity contribution in [3.05, 3.63) is 54.2 Å². The first-order chi connectivity index (χ1) is 15.8. The molecule has 0 saturated carbocycles. The lowest BCUT2D eigenvalue weighted by molar-refractivity contribution is -0.142.